The van der Waals surface area contributed by atoms with Gasteiger partial charge < -0.3 is 4.98 Å². The van der Waals surface area contributed by atoms with Gasteiger partial charge >= 0.3 is 6.18 Å². The number of fused-ring (bicyclic) bond motifs is 1. The maximum atomic E-state index is 13.0. The lowest BCUT2D eigenvalue weighted by Gasteiger charge is -2.06. The SMILES string of the molecule is C=Cc1cnc(-c2ccc(-c3nc4c(Br)cc(C(F)(F)F)cc4[nH]3)nc2)c(Cl)c1. The fourth-order valence-corrected chi connectivity index (χ4v) is 3.64. The van der Waals surface area contributed by atoms with Gasteiger partial charge in [-0.2, -0.15) is 13.2 Å². The molecule has 0 bridgehead atoms. The van der Waals surface area contributed by atoms with Crippen molar-refractivity contribution in [2.45, 2.75) is 6.18 Å². The zero-order valence-electron chi connectivity index (χ0n) is 14.6. The first-order chi connectivity index (χ1) is 13.8. The first-order valence-electron chi connectivity index (χ1n) is 8.27. The van der Waals surface area contributed by atoms with Gasteiger partial charge in [0, 0.05) is 22.4 Å². The molecule has 0 atom stereocenters. The molecule has 0 radical (unpaired) electrons. The summed E-state index contributed by atoms with van der Waals surface area (Å²) in [4.78, 5) is 15.9. The molecule has 0 spiro atoms. The molecule has 0 amide bonds. The van der Waals surface area contributed by atoms with Gasteiger partial charge in [0.1, 0.15) is 11.2 Å². The Morgan fingerprint density at radius 1 is 1.10 bits per heavy atom. The highest BCUT2D eigenvalue weighted by molar-refractivity contribution is 9.10. The number of hydrogen-bond acceptors (Lipinski definition) is 3. The van der Waals surface area contributed by atoms with Crippen LogP contribution in [-0.2, 0) is 6.18 Å². The summed E-state index contributed by atoms with van der Waals surface area (Å²) in [6.45, 7) is 3.68. The lowest BCUT2D eigenvalue weighted by molar-refractivity contribution is -0.137. The molecule has 0 aliphatic heterocycles. The fourth-order valence-electron chi connectivity index (χ4n) is 2.81. The van der Waals surface area contributed by atoms with Crippen molar-refractivity contribution in [1.29, 1.82) is 0 Å². The van der Waals surface area contributed by atoms with Crippen LogP contribution in [0.1, 0.15) is 11.1 Å². The molecular formula is C20H11BrClF3N4. The molecular weight excluding hydrogens is 469 g/mol. The van der Waals surface area contributed by atoms with E-state index in [0.717, 1.165) is 17.7 Å². The minimum absolute atomic E-state index is 0.250. The van der Waals surface area contributed by atoms with Crippen molar-refractivity contribution in [3.8, 4) is 22.8 Å². The second kappa shape index (κ2) is 7.27. The third kappa shape index (κ3) is 3.77. The number of aromatic amines is 1. The van der Waals surface area contributed by atoms with E-state index in [2.05, 4.69) is 42.4 Å². The van der Waals surface area contributed by atoms with E-state index in [1.807, 2.05) is 0 Å². The van der Waals surface area contributed by atoms with Crippen molar-refractivity contribution in [2.24, 2.45) is 0 Å². The molecule has 1 aromatic carbocycles. The molecule has 1 N–H and O–H groups in total. The molecule has 0 saturated heterocycles. The average molecular weight is 480 g/mol. The summed E-state index contributed by atoms with van der Waals surface area (Å²) < 4.78 is 39.3. The van der Waals surface area contributed by atoms with E-state index in [0.29, 0.717) is 33.3 Å². The number of rotatable bonds is 3. The van der Waals surface area contributed by atoms with Crippen molar-refractivity contribution in [1.82, 2.24) is 19.9 Å². The van der Waals surface area contributed by atoms with E-state index in [-0.39, 0.29) is 9.99 Å². The van der Waals surface area contributed by atoms with Gasteiger partial charge in [-0.05, 0) is 51.8 Å². The summed E-state index contributed by atoms with van der Waals surface area (Å²) in [5, 5.41) is 0.462. The van der Waals surface area contributed by atoms with Crippen LogP contribution in [0, 0.1) is 0 Å². The minimum atomic E-state index is -4.45. The second-order valence-electron chi connectivity index (χ2n) is 6.17. The van der Waals surface area contributed by atoms with Crippen LogP contribution in [-0.4, -0.2) is 19.9 Å². The first-order valence-corrected chi connectivity index (χ1v) is 9.44. The first kappa shape index (κ1) is 19.6. The number of pyridine rings is 2. The van der Waals surface area contributed by atoms with Crippen molar-refractivity contribution in [3.05, 3.63) is 69.9 Å². The Balaban J connectivity index is 1.71. The van der Waals surface area contributed by atoms with Crippen molar-refractivity contribution >= 4 is 44.6 Å². The van der Waals surface area contributed by atoms with Crippen LogP contribution in [0.25, 0.3) is 39.9 Å². The van der Waals surface area contributed by atoms with Crippen LogP contribution in [0.15, 0.2) is 53.8 Å². The zero-order valence-corrected chi connectivity index (χ0v) is 16.9. The van der Waals surface area contributed by atoms with E-state index < -0.39 is 11.7 Å². The molecule has 29 heavy (non-hydrogen) atoms. The predicted molar refractivity (Wildman–Crippen MR) is 110 cm³/mol. The molecule has 4 aromatic rings. The van der Waals surface area contributed by atoms with E-state index >= 15 is 0 Å². The smallest absolute Gasteiger partial charge is 0.337 e. The van der Waals surface area contributed by atoms with Crippen LogP contribution in [0.5, 0.6) is 0 Å². The standard InChI is InChI=1S/C20H11BrClF3N4/c1-2-10-5-14(22)17(27-8-10)11-3-4-15(26-9-11)19-28-16-7-12(20(23,24)25)6-13(21)18(16)29-19/h2-9H,1H2,(H,28,29). The summed E-state index contributed by atoms with van der Waals surface area (Å²) in [7, 11) is 0. The average Bonchev–Trinajstić information content (AvgIpc) is 3.12. The molecule has 0 fully saturated rings. The number of nitrogens with one attached hydrogen (secondary N) is 1. The van der Waals surface area contributed by atoms with Gasteiger partial charge in [0.05, 0.1) is 21.8 Å². The molecule has 0 aliphatic carbocycles. The predicted octanol–water partition coefficient (Wildman–Crippen LogP) is 6.76. The normalized spacial score (nSPS) is 11.8. The number of hydrogen-bond donors (Lipinski definition) is 1. The van der Waals surface area contributed by atoms with E-state index in [1.54, 1.807) is 36.7 Å². The van der Waals surface area contributed by atoms with Gasteiger partial charge in [-0.15, -0.1) is 0 Å². The maximum absolute atomic E-state index is 13.0. The van der Waals surface area contributed by atoms with Gasteiger partial charge in [0.25, 0.3) is 0 Å². The Morgan fingerprint density at radius 3 is 2.52 bits per heavy atom. The summed E-state index contributed by atoms with van der Waals surface area (Å²) in [6.07, 6.45) is 0.431. The van der Waals surface area contributed by atoms with Gasteiger partial charge in [-0.25, -0.2) is 4.98 Å². The maximum Gasteiger partial charge on any atom is 0.416 e. The number of nitrogens with zero attached hydrogens (tertiary/aromatic N) is 3. The summed E-state index contributed by atoms with van der Waals surface area (Å²) in [5.41, 5.74) is 2.43. The van der Waals surface area contributed by atoms with Crippen LogP contribution >= 0.6 is 27.5 Å². The number of H-pyrrole nitrogens is 1. The number of benzene rings is 1. The highest BCUT2D eigenvalue weighted by Crippen LogP contribution is 2.35. The Hall–Kier alpha value is -2.71. The van der Waals surface area contributed by atoms with E-state index in [1.165, 1.54) is 0 Å². The molecule has 0 aliphatic rings. The van der Waals surface area contributed by atoms with Crippen molar-refractivity contribution in [2.75, 3.05) is 0 Å². The zero-order chi connectivity index (χ0) is 20.8. The highest BCUT2D eigenvalue weighted by atomic mass is 79.9. The van der Waals surface area contributed by atoms with Crippen molar-refractivity contribution in [3.63, 3.8) is 0 Å². The summed E-state index contributed by atoms with van der Waals surface area (Å²) >= 11 is 9.42. The third-order valence-corrected chi connectivity index (χ3v) is 5.14. The molecule has 3 aromatic heterocycles. The van der Waals surface area contributed by atoms with Gasteiger partial charge in [0.15, 0.2) is 5.82 Å². The van der Waals surface area contributed by atoms with E-state index in [9.17, 15) is 13.2 Å². The largest absolute Gasteiger partial charge is 0.416 e. The summed E-state index contributed by atoms with van der Waals surface area (Å²) in [6, 6.07) is 7.25. The molecule has 3 heterocycles. The highest BCUT2D eigenvalue weighted by Gasteiger charge is 2.31. The lowest BCUT2D eigenvalue weighted by atomic mass is 10.1. The molecule has 146 valence electrons. The topological polar surface area (TPSA) is 54.5 Å². The number of halogens is 5. The van der Waals surface area contributed by atoms with Crippen LogP contribution in [0.2, 0.25) is 5.02 Å². The number of aromatic nitrogens is 4. The third-order valence-electron chi connectivity index (χ3n) is 4.24. The summed E-state index contributed by atoms with van der Waals surface area (Å²) in [5.74, 6) is 0.354. The molecule has 9 heteroatoms. The number of alkyl halides is 3. The van der Waals surface area contributed by atoms with Crippen LogP contribution in [0.3, 0.4) is 0 Å². The minimum Gasteiger partial charge on any atom is -0.337 e. The molecule has 4 nitrogen and oxygen atoms in total. The van der Waals surface area contributed by atoms with Crippen LogP contribution < -0.4 is 0 Å². The second-order valence-corrected chi connectivity index (χ2v) is 7.43. The van der Waals surface area contributed by atoms with Crippen molar-refractivity contribution < 1.29 is 13.2 Å². The Bertz CT molecular complexity index is 1230. The molecule has 0 unspecified atom stereocenters. The Kier molecular flexibility index (Phi) is 4.92. The van der Waals surface area contributed by atoms with Gasteiger partial charge in [-0.3, -0.25) is 9.97 Å². The van der Waals surface area contributed by atoms with Gasteiger partial charge in [-0.1, -0.05) is 24.3 Å². The molecule has 0 saturated carbocycles. The fraction of sp³-hybridized carbons (Fsp3) is 0.0500. The Labute approximate surface area is 176 Å². The number of imidazole rings is 1. The monoisotopic (exact) mass is 478 g/mol. The Morgan fingerprint density at radius 2 is 1.90 bits per heavy atom. The van der Waals surface area contributed by atoms with E-state index in [4.69, 9.17) is 11.6 Å². The lowest BCUT2D eigenvalue weighted by Crippen LogP contribution is -2.04. The molecule has 4 rings (SSSR count). The van der Waals surface area contributed by atoms with Gasteiger partial charge in [0.2, 0.25) is 0 Å². The quantitative estimate of drug-likeness (QED) is 0.353. The van der Waals surface area contributed by atoms with Crippen LogP contribution in [0.4, 0.5) is 13.2 Å².